The Labute approximate surface area is 109 Å². The predicted molar refractivity (Wildman–Crippen MR) is 73.0 cm³/mol. The number of nitrogens with zero attached hydrogens (tertiary/aromatic N) is 2. The zero-order valence-corrected chi connectivity index (χ0v) is 11.6. The molecule has 0 bridgehead atoms. The minimum absolute atomic E-state index is 0.000880. The van der Waals surface area contributed by atoms with Gasteiger partial charge in [0.2, 0.25) is 5.95 Å². The average molecular weight is 333 g/mol. The molecule has 5 heteroatoms. The number of hydrogen-bond donors (Lipinski definition) is 1. The molecule has 1 aliphatic rings. The summed E-state index contributed by atoms with van der Waals surface area (Å²) in [6.07, 6.45) is 4.28. The van der Waals surface area contributed by atoms with Crippen molar-refractivity contribution in [2.24, 2.45) is 0 Å². The lowest BCUT2D eigenvalue weighted by Crippen LogP contribution is -2.26. The van der Waals surface area contributed by atoms with Crippen molar-refractivity contribution in [3.05, 3.63) is 19.6 Å². The SMILES string of the molecule is CCCc1nc(N2CCCC2)[nH]c(=O)c1I. The van der Waals surface area contributed by atoms with Gasteiger partial charge in [-0.15, -0.1) is 0 Å². The molecule has 1 aromatic rings. The summed E-state index contributed by atoms with van der Waals surface area (Å²) in [5.74, 6) is 0.756. The summed E-state index contributed by atoms with van der Waals surface area (Å²) in [4.78, 5) is 21.4. The first-order chi connectivity index (χ1) is 7.72. The molecule has 1 aliphatic heterocycles. The third-order valence-electron chi connectivity index (χ3n) is 2.81. The standard InChI is InChI=1S/C11H16IN3O/c1-2-5-8-9(12)10(16)14-11(13-8)15-6-3-4-7-15/h2-7H2,1H3,(H,13,14,16). The number of halogens is 1. The predicted octanol–water partition coefficient (Wildman–Crippen LogP) is 1.93. The van der Waals surface area contributed by atoms with Gasteiger partial charge in [0.25, 0.3) is 5.56 Å². The van der Waals surface area contributed by atoms with E-state index in [0.717, 1.165) is 41.1 Å². The van der Waals surface area contributed by atoms with Crippen LogP contribution in [-0.4, -0.2) is 23.1 Å². The number of nitrogens with one attached hydrogen (secondary N) is 1. The molecule has 88 valence electrons. The Hall–Kier alpha value is -0.590. The summed E-state index contributed by atoms with van der Waals surface area (Å²) in [6.45, 7) is 4.12. The van der Waals surface area contributed by atoms with E-state index in [1.165, 1.54) is 12.8 Å². The summed E-state index contributed by atoms with van der Waals surface area (Å²) >= 11 is 2.08. The van der Waals surface area contributed by atoms with Gasteiger partial charge in [-0.05, 0) is 41.9 Å². The van der Waals surface area contributed by atoms with Gasteiger partial charge in [0.1, 0.15) is 0 Å². The quantitative estimate of drug-likeness (QED) is 0.860. The number of aromatic amines is 1. The number of aromatic nitrogens is 2. The first kappa shape index (κ1) is 11.9. The lowest BCUT2D eigenvalue weighted by atomic mass is 10.2. The molecular weight excluding hydrogens is 317 g/mol. The normalized spacial score (nSPS) is 15.8. The molecule has 1 saturated heterocycles. The van der Waals surface area contributed by atoms with Gasteiger partial charge in [-0.2, -0.15) is 0 Å². The minimum Gasteiger partial charge on any atom is -0.342 e. The minimum atomic E-state index is 0.000880. The fourth-order valence-corrected chi connectivity index (χ4v) is 2.50. The van der Waals surface area contributed by atoms with E-state index in [0.29, 0.717) is 0 Å². The highest BCUT2D eigenvalue weighted by Crippen LogP contribution is 2.16. The second-order valence-electron chi connectivity index (χ2n) is 4.09. The van der Waals surface area contributed by atoms with Crippen LogP contribution in [0.4, 0.5) is 5.95 Å². The van der Waals surface area contributed by atoms with E-state index in [2.05, 4.69) is 44.4 Å². The number of H-pyrrole nitrogens is 1. The Morgan fingerprint density at radius 1 is 1.44 bits per heavy atom. The molecule has 0 atom stereocenters. The number of anilines is 1. The van der Waals surface area contributed by atoms with Crippen molar-refractivity contribution in [1.29, 1.82) is 0 Å². The van der Waals surface area contributed by atoms with Crippen molar-refractivity contribution in [1.82, 2.24) is 9.97 Å². The van der Waals surface area contributed by atoms with Crippen LogP contribution in [0.15, 0.2) is 4.79 Å². The van der Waals surface area contributed by atoms with Crippen LogP contribution in [0.25, 0.3) is 0 Å². The molecule has 0 saturated carbocycles. The van der Waals surface area contributed by atoms with Crippen LogP contribution in [0.2, 0.25) is 0 Å². The van der Waals surface area contributed by atoms with Crippen molar-refractivity contribution >= 4 is 28.5 Å². The van der Waals surface area contributed by atoms with Crippen LogP contribution >= 0.6 is 22.6 Å². The van der Waals surface area contributed by atoms with Crippen LogP contribution in [-0.2, 0) is 6.42 Å². The summed E-state index contributed by atoms with van der Waals surface area (Å²) < 4.78 is 0.738. The monoisotopic (exact) mass is 333 g/mol. The highest BCUT2D eigenvalue weighted by molar-refractivity contribution is 14.1. The molecule has 1 aromatic heterocycles. The molecular formula is C11H16IN3O. The van der Waals surface area contributed by atoms with Gasteiger partial charge in [0.15, 0.2) is 0 Å². The molecule has 4 nitrogen and oxygen atoms in total. The Morgan fingerprint density at radius 3 is 2.75 bits per heavy atom. The van der Waals surface area contributed by atoms with Gasteiger partial charge < -0.3 is 4.90 Å². The molecule has 1 fully saturated rings. The topological polar surface area (TPSA) is 49.0 Å². The first-order valence-corrected chi connectivity index (χ1v) is 6.84. The van der Waals surface area contributed by atoms with Gasteiger partial charge in [0.05, 0.1) is 9.26 Å². The fourth-order valence-electron chi connectivity index (χ4n) is 1.97. The van der Waals surface area contributed by atoms with E-state index in [-0.39, 0.29) is 5.56 Å². The van der Waals surface area contributed by atoms with Gasteiger partial charge >= 0.3 is 0 Å². The van der Waals surface area contributed by atoms with Crippen LogP contribution in [0, 0.1) is 3.57 Å². The highest BCUT2D eigenvalue weighted by atomic mass is 127. The molecule has 0 radical (unpaired) electrons. The molecule has 0 aromatic carbocycles. The molecule has 0 aliphatic carbocycles. The summed E-state index contributed by atoms with van der Waals surface area (Å²) in [5, 5.41) is 0. The van der Waals surface area contributed by atoms with Crippen molar-refractivity contribution in [3.63, 3.8) is 0 Å². The van der Waals surface area contributed by atoms with Crippen molar-refractivity contribution in [2.75, 3.05) is 18.0 Å². The second kappa shape index (κ2) is 5.16. The number of rotatable bonds is 3. The number of aryl methyl sites for hydroxylation is 1. The van der Waals surface area contributed by atoms with E-state index in [1.807, 2.05) is 0 Å². The molecule has 0 spiro atoms. The first-order valence-electron chi connectivity index (χ1n) is 5.76. The second-order valence-corrected chi connectivity index (χ2v) is 5.17. The van der Waals surface area contributed by atoms with Gasteiger partial charge in [-0.25, -0.2) is 4.98 Å². The van der Waals surface area contributed by atoms with E-state index in [9.17, 15) is 4.79 Å². The van der Waals surface area contributed by atoms with Crippen LogP contribution in [0.5, 0.6) is 0 Å². The lowest BCUT2D eigenvalue weighted by Gasteiger charge is -2.16. The van der Waals surface area contributed by atoms with Gasteiger partial charge in [-0.1, -0.05) is 13.3 Å². The maximum absolute atomic E-state index is 11.8. The largest absolute Gasteiger partial charge is 0.342 e. The third-order valence-corrected chi connectivity index (χ3v) is 3.92. The highest BCUT2D eigenvalue weighted by Gasteiger charge is 2.16. The van der Waals surface area contributed by atoms with Gasteiger partial charge in [-0.3, -0.25) is 9.78 Å². The molecule has 2 rings (SSSR count). The fraction of sp³-hybridized carbons (Fsp3) is 0.636. The van der Waals surface area contributed by atoms with E-state index in [1.54, 1.807) is 0 Å². The maximum atomic E-state index is 11.8. The zero-order chi connectivity index (χ0) is 11.5. The van der Waals surface area contributed by atoms with Crippen LogP contribution in [0.1, 0.15) is 31.9 Å². The Bertz CT molecular complexity index is 424. The average Bonchev–Trinajstić information content (AvgIpc) is 2.78. The van der Waals surface area contributed by atoms with Crippen molar-refractivity contribution < 1.29 is 0 Å². The van der Waals surface area contributed by atoms with E-state index in [4.69, 9.17) is 0 Å². The Balaban J connectivity index is 2.35. The maximum Gasteiger partial charge on any atom is 0.265 e. The van der Waals surface area contributed by atoms with Crippen LogP contribution in [0.3, 0.4) is 0 Å². The van der Waals surface area contributed by atoms with E-state index < -0.39 is 0 Å². The number of hydrogen-bond acceptors (Lipinski definition) is 3. The van der Waals surface area contributed by atoms with Crippen molar-refractivity contribution in [2.45, 2.75) is 32.6 Å². The molecule has 16 heavy (non-hydrogen) atoms. The summed E-state index contributed by atoms with van der Waals surface area (Å²) in [5.41, 5.74) is 0.940. The lowest BCUT2D eigenvalue weighted by molar-refractivity contribution is 0.822. The van der Waals surface area contributed by atoms with E-state index >= 15 is 0 Å². The molecule has 0 unspecified atom stereocenters. The van der Waals surface area contributed by atoms with Gasteiger partial charge in [0, 0.05) is 13.1 Å². The zero-order valence-electron chi connectivity index (χ0n) is 9.42. The molecule has 1 N–H and O–H groups in total. The third kappa shape index (κ3) is 2.39. The summed E-state index contributed by atoms with van der Waals surface area (Å²) in [7, 11) is 0. The molecule has 2 heterocycles. The smallest absolute Gasteiger partial charge is 0.265 e. The Kier molecular flexibility index (Phi) is 3.83. The van der Waals surface area contributed by atoms with Crippen molar-refractivity contribution in [3.8, 4) is 0 Å². The van der Waals surface area contributed by atoms with Crippen LogP contribution < -0.4 is 10.5 Å². The Morgan fingerprint density at radius 2 is 2.12 bits per heavy atom. The summed E-state index contributed by atoms with van der Waals surface area (Å²) in [6, 6.07) is 0. The molecule has 0 amide bonds.